The lowest BCUT2D eigenvalue weighted by Gasteiger charge is -2.01. The molecule has 0 atom stereocenters. The molecule has 0 fully saturated rings. The summed E-state index contributed by atoms with van der Waals surface area (Å²) in [6, 6.07) is 2.05. The van der Waals surface area contributed by atoms with Gasteiger partial charge in [0.2, 0.25) is 0 Å². The molecule has 0 aromatic carbocycles. The van der Waals surface area contributed by atoms with E-state index in [-0.39, 0.29) is 0 Å². The fraction of sp³-hybridized carbons (Fsp3) is 0.375. The molecule has 0 spiro atoms. The number of nitrogens with zero attached hydrogens (tertiary/aromatic N) is 1. The molecule has 0 saturated heterocycles. The molecular weight excluding hydrogens is 169 g/mol. The molecule has 62 valence electrons. The summed E-state index contributed by atoms with van der Waals surface area (Å²) in [5.74, 6) is 0. The first kappa shape index (κ1) is 9.61. The standard InChI is InChI=1S/C8H10BNOS/c1-7-2-8(4-10-3-7)5-11-12-6-9/h2-4H,5-6H2,1H3. The fourth-order valence-electron chi connectivity index (χ4n) is 0.854. The van der Waals surface area contributed by atoms with Gasteiger partial charge >= 0.3 is 0 Å². The molecule has 1 rings (SSSR count). The topological polar surface area (TPSA) is 22.1 Å². The highest BCUT2D eigenvalue weighted by atomic mass is 32.2. The Labute approximate surface area is 78.3 Å². The van der Waals surface area contributed by atoms with Crippen molar-refractivity contribution < 1.29 is 4.18 Å². The second kappa shape index (κ2) is 5.22. The Kier molecular flexibility index (Phi) is 4.18. The molecule has 4 heteroatoms. The predicted octanol–water partition coefficient (Wildman–Crippen LogP) is 1.68. The summed E-state index contributed by atoms with van der Waals surface area (Å²) in [6.07, 6.45) is 3.61. The van der Waals surface area contributed by atoms with Gasteiger partial charge in [-0.3, -0.25) is 4.98 Å². The van der Waals surface area contributed by atoms with Crippen molar-refractivity contribution >= 4 is 19.9 Å². The molecule has 0 aliphatic rings. The average molecular weight is 179 g/mol. The zero-order chi connectivity index (χ0) is 8.81. The van der Waals surface area contributed by atoms with Crippen LogP contribution in [-0.4, -0.2) is 18.5 Å². The Hall–Kier alpha value is -0.475. The van der Waals surface area contributed by atoms with Gasteiger partial charge in [0.15, 0.2) is 0 Å². The second-order valence-corrected chi connectivity index (χ2v) is 3.22. The first-order valence-electron chi connectivity index (χ1n) is 3.68. The molecule has 1 aromatic rings. The van der Waals surface area contributed by atoms with E-state index in [1.165, 1.54) is 12.0 Å². The lowest BCUT2D eigenvalue weighted by Crippen LogP contribution is -1.89. The van der Waals surface area contributed by atoms with Gasteiger partial charge < -0.3 is 4.18 Å². The lowest BCUT2D eigenvalue weighted by atomic mass is 10.2. The summed E-state index contributed by atoms with van der Waals surface area (Å²) in [7, 11) is 5.24. The highest BCUT2D eigenvalue weighted by molar-refractivity contribution is 7.95. The maximum Gasteiger partial charge on any atom is 0.0879 e. The number of hydrogen-bond donors (Lipinski definition) is 0. The van der Waals surface area contributed by atoms with E-state index in [4.69, 9.17) is 12.0 Å². The minimum absolute atomic E-state index is 0.485. The zero-order valence-electron chi connectivity index (χ0n) is 6.99. The number of aromatic nitrogens is 1. The van der Waals surface area contributed by atoms with E-state index in [1.54, 1.807) is 6.20 Å². The molecule has 2 nitrogen and oxygen atoms in total. The second-order valence-electron chi connectivity index (χ2n) is 2.42. The van der Waals surface area contributed by atoms with Gasteiger partial charge in [0.05, 0.1) is 14.5 Å². The van der Waals surface area contributed by atoms with E-state index in [1.807, 2.05) is 19.2 Å². The Morgan fingerprint density at radius 1 is 1.58 bits per heavy atom. The van der Waals surface area contributed by atoms with Crippen LogP contribution in [-0.2, 0) is 10.8 Å². The van der Waals surface area contributed by atoms with Crippen molar-refractivity contribution in [1.29, 1.82) is 0 Å². The van der Waals surface area contributed by atoms with Crippen LogP contribution in [0, 0.1) is 6.92 Å². The van der Waals surface area contributed by atoms with Crippen molar-refractivity contribution in [2.24, 2.45) is 0 Å². The fourth-order valence-corrected chi connectivity index (χ4v) is 1.17. The predicted molar refractivity (Wildman–Crippen MR) is 52.0 cm³/mol. The molecule has 12 heavy (non-hydrogen) atoms. The summed E-state index contributed by atoms with van der Waals surface area (Å²) in [4.78, 5) is 4.04. The lowest BCUT2D eigenvalue weighted by molar-refractivity contribution is 0.364. The van der Waals surface area contributed by atoms with Gasteiger partial charge in [-0.05, 0) is 35.7 Å². The van der Waals surface area contributed by atoms with Crippen molar-refractivity contribution in [3.63, 3.8) is 0 Å². The molecule has 0 unspecified atom stereocenters. The maximum absolute atomic E-state index is 5.24. The van der Waals surface area contributed by atoms with Crippen LogP contribution in [0.25, 0.3) is 0 Å². The minimum Gasteiger partial charge on any atom is -0.311 e. The van der Waals surface area contributed by atoms with Crippen molar-refractivity contribution in [2.75, 3.05) is 5.65 Å². The van der Waals surface area contributed by atoms with Gasteiger partial charge in [0.1, 0.15) is 0 Å². The van der Waals surface area contributed by atoms with Crippen molar-refractivity contribution in [3.05, 3.63) is 29.6 Å². The van der Waals surface area contributed by atoms with Crippen LogP contribution < -0.4 is 0 Å². The minimum atomic E-state index is 0.485. The van der Waals surface area contributed by atoms with Gasteiger partial charge in [-0.15, -0.1) is 0 Å². The molecule has 0 aliphatic carbocycles. The quantitative estimate of drug-likeness (QED) is 0.398. The largest absolute Gasteiger partial charge is 0.311 e. The third-order valence-corrected chi connectivity index (χ3v) is 1.73. The number of pyridine rings is 1. The van der Waals surface area contributed by atoms with Gasteiger partial charge in [-0.1, -0.05) is 6.07 Å². The Morgan fingerprint density at radius 3 is 3.08 bits per heavy atom. The van der Waals surface area contributed by atoms with Crippen LogP contribution in [0.2, 0.25) is 0 Å². The zero-order valence-corrected chi connectivity index (χ0v) is 7.80. The van der Waals surface area contributed by atoms with E-state index >= 15 is 0 Å². The Bertz CT molecular complexity index is 244. The summed E-state index contributed by atoms with van der Waals surface area (Å²) in [5.41, 5.74) is 2.71. The molecule has 0 bridgehead atoms. The van der Waals surface area contributed by atoms with Gasteiger partial charge in [-0.25, -0.2) is 0 Å². The van der Waals surface area contributed by atoms with Crippen molar-refractivity contribution in [1.82, 2.24) is 4.98 Å². The first-order valence-corrected chi connectivity index (χ1v) is 4.59. The Morgan fingerprint density at radius 2 is 2.42 bits per heavy atom. The smallest absolute Gasteiger partial charge is 0.0879 e. The Balaban J connectivity index is 2.41. The van der Waals surface area contributed by atoms with E-state index in [0.717, 1.165) is 11.1 Å². The van der Waals surface area contributed by atoms with Gasteiger partial charge in [0, 0.05) is 12.4 Å². The van der Waals surface area contributed by atoms with Crippen LogP contribution in [0.3, 0.4) is 0 Å². The monoisotopic (exact) mass is 179 g/mol. The molecule has 1 aromatic heterocycles. The SMILES string of the molecule is [B]CSOCc1cncc(C)c1. The highest BCUT2D eigenvalue weighted by Crippen LogP contribution is 2.07. The van der Waals surface area contributed by atoms with Crippen LogP contribution in [0.1, 0.15) is 11.1 Å². The summed E-state index contributed by atoms with van der Waals surface area (Å²) >= 11 is 1.26. The highest BCUT2D eigenvalue weighted by Gasteiger charge is 1.93. The summed E-state index contributed by atoms with van der Waals surface area (Å²) in [6.45, 7) is 2.57. The normalized spacial score (nSPS) is 10.1. The molecule has 1 heterocycles. The van der Waals surface area contributed by atoms with Gasteiger partial charge in [-0.2, -0.15) is 0 Å². The van der Waals surface area contributed by atoms with Crippen molar-refractivity contribution in [2.45, 2.75) is 13.5 Å². The van der Waals surface area contributed by atoms with Crippen LogP contribution in [0.5, 0.6) is 0 Å². The molecular formula is C8H10BNOS. The van der Waals surface area contributed by atoms with E-state index in [0.29, 0.717) is 12.3 Å². The first-order chi connectivity index (χ1) is 5.83. The third-order valence-electron chi connectivity index (χ3n) is 1.31. The number of aryl methyl sites for hydroxylation is 1. The van der Waals surface area contributed by atoms with E-state index in [9.17, 15) is 0 Å². The van der Waals surface area contributed by atoms with Crippen molar-refractivity contribution in [3.8, 4) is 0 Å². The number of rotatable bonds is 4. The van der Waals surface area contributed by atoms with E-state index < -0.39 is 0 Å². The maximum atomic E-state index is 5.24. The van der Waals surface area contributed by atoms with Gasteiger partial charge in [0.25, 0.3) is 0 Å². The molecule has 0 saturated carbocycles. The van der Waals surface area contributed by atoms with Crippen LogP contribution in [0.4, 0.5) is 0 Å². The molecule has 0 aliphatic heterocycles. The number of hydrogen-bond acceptors (Lipinski definition) is 3. The van der Waals surface area contributed by atoms with Crippen LogP contribution in [0.15, 0.2) is 18.5 Å². The molecule has 2 radical (unpaired) electrons. The summed E-state index contributed by atoms with van der Waals surface area (Å²) < 4.78 is 5.18. The molecule has 0 N–H and O–H groups in total. The van der Waals surface area contributed by atoms with E-state index in [2.05, 4.69) is 4.98 Å². The average Bonchev–Trinajstić information content (AvgIpc) is 2.05. The third kappa shape index (κ3) is 3.28. The van der Waals surface area contributed by atoms with Crippen LogP contribution >= 0.6 is 12.0 Å². The molecule has 0 amide bonds. The summed E-state index contributed by atoms with van der Waals surface area (Å²) in [5, 5.41) is 0.